The second-order valence-electron chi connectivity index (χ2n) is 5.51. The normalized spacial score (nSPS) is 17.3. The van der Waals surface area contributed by atoms with Gasteiger partial charge < -0.3 is 0 Å². The summed E-state index contributed by atoms with van der Waals surface area (Å²) in [5, 5.41) is 5.76. The molecule has 3 heteroatoms. The fourth-order valence-corrected chi connectivity index (χ4v) is 3.21. The van der Waals surface area contributed by atoms with Crippen LogP contribution in [0.2, 0.25) is 0 Å². The zero-order valence-electron chi connectivity index (χ0n) is 10.9. The summed E-state index contributed by atoms with van der Waals surface area (Å²) < 4.78 is 1.95. The van der Waals surface area contributed by atoms with E-state index in [1.807, 2.05) is 22.7 Å². The molecule has 3 aromatic rings. The van der Waals surface area contributed by atoms with Crippen LogP contribution in [0.15, 0.2) is 36.7 Å². The Kier molecular flexibility index (Phi) is 2.50. The highest BCUT2D eigenvalue weighted by molar-refractivity contribution is 5.91. The third kappa shape index (κ3) is 1.81. The molecule has 1 fully saturated rings. The molecule has 0 spiro atoms. The molecule has 0 aliphatic heterocycles. The maximum Gasteiger partial charge on any atom is 0.162 e. The predicted octanol–water partition coefficient (Wildman–Crippen LogP) is 3.93. The van der Waals surface area contributed by atoms with Crippen molar-refractivity contribution in [2.24, 2.45) is 0 Å². The van der Waals surface area contributed by atoms with E-state index < -0.39 is 0 Å². The van der Waals surface area contributed by atoms with Crippen molar-refractivity contribution in [1.82, 2.24) is 14.6 Å². The van der Waals surface area contributed by atoms with Crippen molar-refractivity contribution in [3.8, 4) is 0 Å². The number of fused-ring (bicyclic) bond motifs is 3. The SMILES string of the molecule is c1ccc2c(c1)nn1cc(C3CCCCC3)cnc21. The van der Waals surface area contributed by atoms with Crippen LogP contribution in [0.25, 0.3) is 16.6 Å². The van der Waals surface area contributed by atoms with Gasteiger partial charge in [0.2, 0.25) is 0 Å². The number of rotatable bonds is 1. The Balaban J connectivity index is 1.84. The Labute approximate surface area is 112 Å². The van der Waals surface area contributed by atoms with Crippen molar-refractivity contribution < 1.29 is 0 Å². The maximum atomic E-state index is 4.64. The molecule has 1 saturated carbocycles. The molecule has 0 unspecified atom stereocenters. The van der Waals surface area contributed by atoms with Crippen LogP contribution in [0.1, 0.15) is 43.6 Å². The lowest BCUT2D eigenvalue weighted by molar-refractivity contribution is 0.441. The van der Waals surface area contributed by atoms with Crippen LogP contribution in [0, 0.1) is 0 Å². The van der Waals surface area contributed by atoms with E-state index in [1.165, 1.54) is 37.7 Å². The number of hydrogen-bond donors (Lipinski definition) is 0. The van der Waals surface area contributed by atoms with Crippen molar-refractivity contribution in [2.75, 3.05) is 0 Å². The van der Waals surface area contributed by atoms with E-state index in [9.17, 15) is 0 Å². The first kappa shape index (κ1) is 11.0. The Bertz CT molecular complexity index is 723. The minimum Gasteiger partial charge on any atom is -0.236 e. The van der Waals surface area contributed by atoms with Crippen LogP contribution in [-0.4, -0.2) is 14.6 Å². The highest BCUT2D eigenvalue weighted by Crippen LogP contribution is 2.32. The van der Waals surface area contributed by atoms with Gasteiger partial charge in [0, 0.05) is 17.8 Å². The van der Waals surface area contributed by atoms with E-state index >= 15 is 0 Å². The van der Waals surface area contributed by atoms with Gasteiger partial charge in [-0.3, -0.25) is 0 Å². The molecular weight excluding hydrogens is 234 g/mol. The lowest BCUT2D eigenvalue weighted by Gasteiger charge is -2.21. The quantitative estimate of drug-likeness (QED) is 0.656. The summed E-state index contributed by atoms with van der Waals surface area (Å²) in [6, 6.07) is 8.20. The molecule has 3 nitrogen and oxygen atoms in total. The van der Waals surface area contributed by atoms with E-state index in [0.717, 1.165) is 16.6 Å². The Hall–Kier alpha value is -1.90. The molecule has 2 heterocycles. The van der Waals surface area contributed by atoms with Crippen LogP contribution in [0.3, 0.4) is 0 Å². The van der Waals surface area contributed by atoms with Gasteiger partial charge in [0.05, 0.1) is 5.52 Å². The van der Waals surface area contributed by atoms with Gasteiger partial charge in [0.1, 0.15) is 0 Å². The largest absolute Gasteiger partial charge is 0.236 e. The average Bonchev–Trinajstić information content (AvgIpc) is 2.86. The lowest BCUT2D eigenvalue weighted by atomic mass is 9.85. The van der Waals surface area contributed by atoms with Gasteiger partial charge in [-0.1, -0.05) is 31.4 Å². The molecule has 1 aromatic carbocycles. The van der Waals surface area contributed by atoms with Crippen molar-refractivity contribution in [2.45, 2.75) is 38.0 Å². The van der Waals surface area contributed by atoms with E-state index in [1.54, 1.807) is 0 Å². The molecular formula is C16H17N3. The fourth-order valence-electron chi connectivity index (χ4n) is 3.21. The molecule has 1 aliphatic carbocycles. The van der Waals surface area contributed by atoms with Gasteiger partial charge in [0.15, 0.2) is 5.65 Å². The number of aromatic nitrogens is 3. The first-order valence-electron chi connectivity index (χ1n) is 7.15. The Morgan fingerprint density at radius 2 is 1.89 bits per heavy atom. The molecule has 4 rings (SSSR count). The molecule has 19 heavy (non-hydrogen) atoms. The second kappa shape index (κ2) is 4.34. The molecule has 1 aliphatic rings. The topological polar surface area (TPSA) is 30.2 Å². The first-order chi connectivity index (χ1) is 9.42. The molecule has 0 radical (unpaired) electrons. The summed E-state index contributed by atoms with van der Waals surface area (Å²) in [6.45, 7) is 0. The minimum atomic E-state index is 0.679. The first-order valence-corrected chi connectivity index (χ1v) is 7.15. The summed E-state index contributed by atoms with van der Waals surface area (Å²) in [4.78, 5) is 4.64. The van der Waals surface area contributed by atoms with Gasteiger partial charge in [-0.05, 0) is 36.5 Å². The van der Waals surface area contributed by atoms with E-state index in [0.29, 0.717) is 5.92 Å². The second-order valence-corrected chi connectivity index (χ2v) is 5.51. The Morgan fingerprint density at radius 1 is 1.05 bits per heavy atom. The number of hydrogen-bond acceptors (Lipinski definition) is 2. The zero-order valence-corrected chi connectivity index (χ0v) is 10.9. The molecule has 0 amide bonds. The van der Waals surface area contributed by atoms with Crippen molar-refractivity contribution in [3.63, 3.8) is 0 Å². The van der Waals surface area contributed by atoms with Crippen molar-refractivity contribution in [3.05, 3.63) is 42.2 Å². The van der Waals surface area contributed by atoms with Gasteiger partial charge in [0.25, 0.3) is 0 Å². The summed E-state index contributed by atoms with van der Waals surface area (Å²) in [5.41, 5.74) is 3.34. The average molecular weight is 251 g/mol. The number of nitrogens with zero attached hydrogens (tertiary/aromatic N) is 3. The summed E-state index contributed by atoms with van der Waals surface area (Å²) in [7, 11) is 0. The zero-order chi connectivity index (χ0) is 12.7. The monoisotopic (exact) mass is 251 g/mol. The highest BCUT2D eigenvalue weighted by Gasteiger charge is 2.17. The summed E-state index contributed by atoms with van der Waals surface area (Å²) >= 11 is 0. The van der Waals surface area contributed by atoms with Crippen LogP contribution >= 0.6 is 0 Å². The standard InChI is InChI=1S/C16H17N3/c1-2-6-12(7-3-1)13-10-17-16-14-8-4-5-9-15(14)18-19(16)11-13/h4-5,8-12H,1-3,6-7H2. The van der Waals surface area contributed by atoms with Gasteiger partial charge in [-0.2, -0.15) is 5.10 Å². The number of benzene rings is 1. The predicted molar refractivity (Wildman–Crippen MR) is 76.3 cm³/mol. The van der Waals surface area contributed by atoms with Gasteiger partial charge in [-0.25, -0.2) is 9.50 Å². The summed E-state index contributed by atoms with van der Waals surface area (Å²) in [5.74, 6) is 0.679. The molecule has 0 atom stereocenters. The van der Waals surface area contributed by atoms with E-state index in [-0.39, 0.29) is 0 Å². The molecule has 0 bridgehead atoms. The highest BCUT2D eigenvalue weighted by atomic mass is 15.2. The Morgan fingerprint density at radius 3 is 2.79 bits per heavy atom. The summed E-state index contributed by atoms with van der Waals surface area (Å²) in [6.07, 6.45) is 10.9. The molecule has 0 saturated heterocycles. The van der Waals surface area contributed by atoms with Crippen LogP contribution in [0.5, 0.6) is 0 Å². The minimum absolute atomic E-state index is 0.679. The fraction of sp³-hybridized carbons (Fsp3) is 0.375. The lowest BCUT2D eigenvalue weighted by Crippen LogP contribution is -2.06. The van der Waals surface area contributed by atoms with Crippen LogP contribution in [-0.2, 0) is 0 Å². The van der Waals surface area contributed by atoms with E-state index in [4.69, 9.17) is 0 Å². The maximum absolute atomic E-state index is 4.64. The van der Waals surface area contributed by atoms with Crippen LogP contribution in [0.4, 0.5) is 0 Å². The molecule has 2 aromatic heterocycles. The van der Waals surface area contributed by atoms with Crippen molar-refractivity contribution >= 4 is 16.6 Å². The third-order valence-electron chi connectivity index (χ3n) is 4.26. The molecule has 0 N–H and O–H groups in total. The third-order valence-corrected chi connectivity index (χ3v) is 4.26. The van der Waals surface area contributed by atoms with Gasteiger partial charge in [-0.15, -0.1) is 0 Å². The van der Waals surface area contributed by atoms with E-state index in [2.05, 4.69) is 28.5 Å². The molecule has 96 valence electrons. The van der Waals surface area contributed by atoms with Crippen LogP contribution < -0.4 is 0 Å². The van der Waals surface area contributed by atoms with Gasteiger partial charge >= 0.3 is 0 Å². The van der Waals surface area contributed by atoms with Crippen molar-refractivity contribution in [1.29, 1.82) is 0 Å². The smallest absolute Gasteiger partial charge is 0.162 e.